The first-order chi connectivity index (χ1) is 8.75. The van der Waals surface area contributed by atoms with Crippen LogP contribution in [0.1, 0.15) is 26.3 Å². The first-order valence-electron chi connectivity index (χ1n) is 6.13. The van der Waals surface area contributed by atoms with Crippen LogP contribution in [0.4, 0.5) is 4.79 Å². The van der Waals surface area contributed by atoms with Crippen molar-refractivity contribution in [3.63, 3.8) is 0 Å². The zero-order valence-corrected chi connectivity index (χ0v) is 13.0. The Kier molecular flexibility index (Phi) is 5.38. The Morgan fingerprint density at radius 3 is 2.47 bits per heavy atom. The molecule has 0 aliphatic heterocycles. The van der Waals surface area contributed by atoms with Crippen molar-refractivity contribution < 1.29 is 15.0 Å². The molecule has 19 heavy (non-hydrogen) atoms. The Hall–Kier alpha value is -1.07. The number of hydrogen-bond acceptors (Lipinski definition) is 2. The van der Waals surface area contributed by atoms with Crippen molar-refractivity contribution in [2.24, 2.45) is 0 Å². The van der Waals surface area contributed by atoms with E-state index >= 15 is 0 Å². The van der Waals surface area contributed by atoms with Gasteiger partial charge in [-0.2, -0.15) is 0 Å². The van der Waals surface area contributed by atoms with Gasteiger partial charge in [0, 0.05) is 10.0 Å². The second-order valence-corrected chi connectivity index (χ2v) is 6.41. The highest BCUT2D eigenvalue weighted by molar-refractivity contribution is 9.10. The summed E-state index contributed by atoms with van der Waals surface area (Å²) in [4.78, 5) is 12.7. The van der Waals surface area contributed by atoms with Crippen LogP contribution in [-0.4, -0.2) is 39.4 Å². The van der Waals surface area contributed by atoms with Crippen molar-refractivity contribution in [3.05, 3.63) is 34.3 Å². The number of aliphatic hydroxyl groups excluding tert-OH is 1. The topological polar surface area (TPSA) is 60.8 Å². The van der Waals surface area contributed by atoms with Gasteiger partial charge in [0.2, 0.25) is 0 Å². The van der Waals surface area contributed by atoms with E-state index < -0.39 is 17.7 Å². The molecular formula is C14H20BrNO3. The van der Waals surface area contributed by atoms with Gasteiger partial charge in [-0.25, -0.2) is 4.79 Å². The van der Waals surface area contributed by atoms with Crippen LogP contribution in [0.25, 0.3) is 0 Å². The lowest BCUT2D eigenvalue weighted by atomic mass is 9.99. The van der Waals surface area contributed by atoms with Crippen molar-refractivity contribution >= 4 is 22.0 Å². The third-order valence-corrected chi connectivity index (χ3v) is 3.36. The lowest BCUT2D eigenvalue weighted by Gasteiger charge is -2.39. The molecule has 1 atom stereocenters. The average molecular weight is 330 g/mol. The maximum Gasteiger partial charge on any atom is 0.408 e. The molecule has 0 heterocycles. The quantitative estimate of drug-likeness (QED) is 0.892. The standard InChI is InChI=1S/C14H20BrNO3/c1-14(2,3)16(13(18)19)12(9-17)8-10-5-4-6-11(15)7-10/h4-7,12,17H,8-9H2,1-3H3,(H,18,19)/t12-/m0/s1. The normalized spacial score (nSPS) is 13.1. The molecule has 0 aliphatic carbocycles. The molecular weight excluding hydrogens is 310 g/mol. The molecule has 0 aromatic heterocycles. The first kappa shape index (κ1) is 16.0. The molecule has 106 valence electrons. The fraction of sp³-hybridized carbons (Fsp3) is 0.500. The number of carbonyl (C=O) groups is 1. The maximum atomic E-state index is 11.4. The SMILES string of the molecule is CC(C)(C)N(C(=O)O)[C@H](CO)Cc1cccc(Br)c1. The van der Waals surface area contributed by atoms with Gasteiger partial charge < -0.3 is 10.2 Å². The molecule has 0 saturated carbocycles. The third-order valence-electron chi connectivity index (χ3n) is 2.87. The highest BCUT2D eigenvalue weighted by atomic mass is 79.9. The highest BCUT2D eigenvalue weighted by Crippen LogP contribution is 2.21. The van der Waals surface area contributed by atoms with Crippen molar-refractivity contribution in [2.75, 3.05) is 6.61 Å². The second-order valence-electron chi connectivity index (χ2n) is 5.49. The zero-order chi connectivity index (χ0) is 14.6. The van der Waals surface area contributed by atoms with Crippen molar-refractivity contribution in [1.82, 2.24) is 4.90 Å². The molecule has 0 spiro atoms. The maximum absolute atomic E-state index is 11.4. The minimum absolute atomic E-state index is 0.198. The van der Waals surface area contributed by atoms with Crippen molar-refractivity contribution in [1.29, 1.82) is 0 Å². The van der Waals surface area contributed by atoms with Crippen LogP contribution >= 0.6 is 15.9 Å². The first-order valence-corrected chi connectivity index (χ1v) is 6.92. The smallest absolute Gasteiger partial charge is 0.408 e. The Morgan fingerprint density at radius 1 is 1.42 bits per heavy atom. The number of rotatable bonds is 4. The Balaban J connectivity index is 2.96. The van der Waals surface area contributed by atoms with Crippen LogP contribution in [0.3, 0.4) is 0 Å². The Bertz CT molecular complexity index is 443. The van der Waals surface area contributed by atoms with Crippen LogP contribution in [0.5, 0.6) is 0 Å². The van der Waals surface area contributed by atoms with Gasteiger partial charge in [0.1, 0.15) is 0 Å². The zero-order valence-electron chi connectivity index (χ0n) is 11.4. The van der Waals surface area contributed by atoms with E-state index in [4.69, 9.17) is 0 Å². The summed E-state index contributed by atoms with van der Waals surface area (Å²) in [5.41, 5.74) is 0.439. The molecule has 0 radical (unpaired) electrons. The average Bonchev–Trinajstić information content (AvgIpc) is 2.25. The van der Waals surface area contributed by atoms with E-state index in [1.807, 2.05) is 45.0 Å². The minimum Gasteiger partial charge on any atom is -0.465 e. The van der Waals surface area contributed by atoms with Gasteiger partial charge in [-0.1, -0.05) is 28.1 Å². The third kappa shape index (κ3) is 4.51. The fourth-order valence-electron chi connectivity index (χ4n) is 2.16. The summed E-state index contributed by atoms with van der Waals surface area (Å²) in [6, 6.07) is 7.22. The highest BCUT2D eigenvalue weighted by Gasteiger charge is 2.32. The molecule has 0 saturated heterocycles. The summed E-state index contributed by atoms with van der Waals surface area (Å²) in [6.07, 6.45) is -0.527. The molecule has 0 aliphatic rings. The summed E-state index contributed by atoms with van der Waals surface area (Å²) >= 11 is 3.39. The fourth-order valence-corrected chi connectivity index (χ4v) is 2.61. The summed E-state index contributed by atoms with van der Waals surface area (Å²) in [5, 5.41) is 18.9. The monoisotopic (exact) mass is 329 g/mol. The number of amides is 1. The van der Waals surface area contributed by atoms with Gasteiger partial charge >= 0.3 is 6.09 Å². The van der Waals surface area contributed by atoms with E-state index in [1.54, 1.807) is 0 Å². The van der Waals surface area contributed by atoms with Gasteiger partial charge in [0.15, 0.2) is 0 Å². The van der Waals surface area contributed by atoms with Gasteiger partial charge in [0.05, 0.1) is 12.6 Å². The molecule has 4 nitrogen and oxygen atoms in total. The van der Waals surface area contributed by atoms with E-state index in [-0.39, 0.29) is 6.61 Å². The lowest BCUT2D eigenvalue weighted by Crippen LogP contribution is -2.53. The van der Waals surface area contributed by atoms with Crippen molar-refractivity contribution in [2.45, 2.75) is 38.8 Å². The molecule has 1 amide bonds. The predicted molar refractivity (Wildman–Crippen MR) is 78.3 cm³/mol. The number of halogens is 1. The van der Waals surface area contributed by atoms with Gasteiger partial charge in [0.25, 0.3) is 0 Å². The summed E-state index contributed by atoms with van der Waals surface area (Å²) in [6.45, 7) is 5.27. The largest absolute Gasteiger partial charge is 0.465 e. The van der Waals surface area contributed by atoms with Crippen LogP contribution in [-0.2, 0) is 6.42 Å². The molecule has 0 bridgehead atoms. The lowest BCUT2D eigenvalue weighted by molar-refractivity contribution is 0.0465. The number of hydrogen-bond donors (Lipinski definition) is 2. The van der Waals surface area contributed by atoms with Crippen LogP contribution < -0.4 is 0 Å². The summed E-state index contributed by atoms with van der Waals surface area (Å²) < 4.78 is 0.944. The van der Waals surface area contributed by atoms with Gasteiger partial charge in [-0.3, -0.25) is 4.90 Å². The second kappa shape index (κ2) is 6.39. The van der Waals surface area contributed by atoms with Crippen LogP contribution in [0.15, 0.2) is 28.7 Å². The van der Waals surface area contributed by atoms with E-state index in [2.05, 4.69) is 15.9 Å². The van der Waals surface area contributed by atoms with Crippen LogP contribution in [0, 0.1) is 0 Å². The number of benzene rings is 1. The van der Waals surface area contributed by atoms with Crippen LogP contribution in [0.2, 0.25) is 0 Å². The number of nitrogens with zero attached hydrogens (tertiary/aromatic N) is 1. The molecule has 1 aromatic carbocycles. The Labute approximate surface area is 122 Å². The van der Waals surface area contributed by atoms with E-state index in [0.29, 0.717) is 6.42 Å². The molecule has 1 rings (SSSR count). The number of carboxylic acid groups (broad SMARTS) is 1. The number of aliphatic hydroxyl groups is 1. The van der Waals surface area contributed by atoms with E-state index in [9.17, 15) is 15.0 Å². The summed E-state index contributed by atoms with van der Waals surface area (Å²) in [5.74, 6) is 0. The van der Waals surface area contributed by atoms with Gasteiger partial charge in [-0.05, 0) is 44.9 Å². The predicted octanol–water partition coefficient (Wildman–Crippen LogP) is 3.13. The summed E-state index contributed by atoms with van der Waals surface area (Å²) in [7, 11) is 0. The van der Waals surface area contributed by atoms with E-state index in [0.717, 1.165) is 10.0 Å². The molecule has 0 unspecified atom stereocenters. The molecule has 1 aromatic rings. The molecule has 5 heteroatoms. The van der Waals surface area contributed by atoms with Crippen molar-refractivity contribution in [3.8, 4) is 0 Å². The molecule has 2 N–H and O–H groups in total. The van der Waals surface area contributed by atoms with Gasteiger partial charge in [-0.15, -0.1) is 0 Å². The Morgan fingerprint density at radius 2 is 2.05 bits per heavy atom. The molecule has 0 fully saturated rings. The van der Waals surface area contributed by atoms with E-state index in [1.165, 1.54) is 4.90 Å². The minimum atomic E-state index is -1.01.